The lowest BCUT2D eigenvalue weighted by Gasteiger charge is -2.17. The molecule has 1 N–H and O–H groups in total. The Balaban J connectivity index is 2.20. The summed E-state index contributed by atoms with van der Waals surface area (Å²) in [6, 6.07) is 9.21. The molecule has 19 heavy (non-hydrogen) atoms. The van der Waals surface area contributed by atoms with E-state index in [1.54, 1.807) is 25.1 Å². The highest BCUT2D eigenvalue weighted by atomic mass is 35.5. The van der Waals surface area contributed by atoms with E-state index in [-0.39, 0.29) is 11.9 Å². The van der Waals surface area contributed by atoms with Crippen LogP contribution in [0.1, 0.15) is 24.1 Å². The lowest BCUT2D eigenvalue weighted by molar-refractivity contribution is 0.613. The topological polar surface area (TPSA) is 12.0 Å². The predicted octanol–water partition coefficient (Wildman–Crippen LogP) is 5.10. The van der Waals surface area contributed by atoms with Gasteiger partial charge in [-0.15, -0.1) is 0 Å². The quantitative estimate of drug-likeness (QED) is 0.825. The number of hydrogen-bond acceptors (Lipinski definition) is 1. The fraction of sp³-hybridized carbons (Fsp3) is 0.200. The Morgan fingerprint density at radius 1 is 1.05 bits per heavy atom. The number of aryl methyl sites for hydroxylation is 1. The van der Waals surface area contributed by atoms with Crippen molar-refractivity contribution < 1.29 is 8.78 Å². The SMILES string of the molecule is Cc1ccc(C(C)Nc2ccc(Cl)cc2F)cc1F. The number of hydrogen-bond donors (Lipinski definition) is 1. The zero-order valence-corrected chi connectivity index (χ0v) is 11.4. The van der Waals surface area contributed by atoms with Gasteiger partial charge in [0.25, 0.3) is 0 Å². The minimum Gasteiger partial charge on any atom is -0.376 e. The lowest BCUT2D eigenvalue weighted by Crippen LogP contribution is -2.08. The summed E-state index contributed by atoms with van der Waals surface area (Å²) >= 11 is 5.69. The van der Waals surface area contributed by atoms with E-state index in [2.05, 4.69) is 5.32 Å². The lowest BCUT2D eigenvalue weighted by atomic mass is 10.1. The van der Waals surface area contributed by atoms with E-state index in [1.807, 2.05) is 13.0 Å². The summed E-state index contributed by atoms with van der Waals surface area (Å²) in [5, 5.41) is 3.34. The van der Waals surface area contributed by atoms with Crippen molar-refractivity contribution in [2.75, 3.05) is 5.32 Å². The largest absolute Gasteiger partial charge is 0.376 e. The van der Waals surface area contributed by atoms with E-state index >= 15 is 0 Å². The minimum absolute atomic E-state index is 0.203. The molecule has 1 atom stereocenters. The molecule has 2 aromatic rings. The van der Waals surface area contributed by atoms with Crippen molar-refractivity contribution in [3.63, 3.8) is 0 Å². The molecule has 0 saturated heterocycles. The van der Waals surface area contributed by atoms with Crippen molar-refractivity contribution in [3.05, 3.63) is 64.2 Å². The number of halogens is 3. The van der Waals surface area contributed by atoms with Gasteiger partial charge in [0.1, 0.15) is 11.6 Å². The maximum Gasteiger partial charge on any atom is 0.147 e. The van der Waals surface area contributed by atoms with E-state index in [9.17, 15) is 8.78 Å². The molecule has 0 aliphatic heterocycles. The number of anilines is 1. The van der Waals surface area contributed by atoms with Crippen LogP contribution in [0.3, 0.4) is 0 Å². The highest BCUT2D eigenvalue weighted by molar-refractivity contribution is 6.30. The highest BCUT2D eigenvalue weighted by Crippen LogP contribution is 2.24. The van der Waals surface area contributed by atoms with Gasteiger partial charge >= 0.3 is 0 Å². The molecule has 0 fully saturated rings. The van der Waals surface area contributed by atoms with E-state index in [1.165, 1.54) is 12.1 Å². The summed E-state index contributed by atoms with van der Waals surface area (Å²) in [4.78, 5) is 0. The van der Waals surface area contributed by atoms with Gasteiger partial charge in [-0.25, -0.2) is 8.78 Å². The van der Waals surface area contributed by atoms with Crippen molar-refractivity contribution in [3.8, 4) is 0 Å². The smallest absolute Gasteiger partial charge is 0.147 e. The van der Waals surface area contributed by atoms with Gasteiger partial charge in [-0.3, -0.25) is 0 Å². The van der Waals surface area contributed by atoms with Crippen molar-refractivity contribution in [2.45, 2.75) is 19.9 Å². The average molecular weight is 282 g/mol. The Kier molecular flexibility index (Phi) is 4.05. The third-order valence-corrected chi connectivity index (χ3v) is 3.23. The first-order chi connectivity index (χ1) is 8.97. The molecule has 0 aromatic heterocycles. The highest BCUT2D eigenvalue weighted by Gasteiger charge is 2.10. The molecule has 0 bridgehead atoms. The monoisotopic (exact) mass is 281 g/mol. The molecule has 1 unspecified atom stereocenters. The molecule has 0 spiro atoms. The van der Waals surface area contributed by atoms with Crippen LogP contribution in [-0.4, -0.2) is 0 Å². The normalized spacial score (nSPS) is 12.3. The van der Waals surface area contributed by atoms with E-state index < -0.39 is 5.82 Å². The van der Waals surface area contributed by atoms with Crippen LogP contribution >= 0.6 is 11.6 Å². The van der Waals surface area contributed by atoms with Crippen molar-refractivity contribution >= 4 is 17.3 Å². The molecule has 0 radical (unpaired) electrons. The molecule has 0 aliphatic rings. The fourth-order valence-electron chi connectivity index (χ4n) is 1.80. The molecule has 2 aromatic carbocycles. The number of nitrogens with one attached hydrogen (secondary N) is 1. The van der Waals surface area contributed by atoms with Crippen LogP contribution in [0.2, 0.25) is 5.02 Å². The fourth-order valence-corrected chi connectivity index (χ4v) is 1.96. The van der Waals surface area contributed by atoms with E-state index in [0.717, 1.165) is 5.56 Å². The van der Waals surface area contributed by atoms with Gasteiger partial charge in [0.05, 0.1) is 5.69 Å². The van der Waals surface area contributed by atoms with Crippen LogP contribution in [0.25, 0.3) is 0 Å². The van der Waals surface area contributed by atoms with Gasteiger partial charge in [0.2, 0.25) is 0 Å². The van der Waals surface area contributed by atoms with Gasteiger partial charge in [0.15, 0.2) is 0 Å². The molecule has 1 nitrogen and oxygen atoms in total. The molecule has 4 heteroatoms. The standard InChI is InChI=1S/C15H14ClF2N/c1-9-3-4-11(7-13(9)17)10(2)19-15-6-5-12(16)8-14(15)18/h3-8,10,19H,1-2H3. The van der Waals surface area contributed by atoms with Crippen molar-refractivity contribution in [2.24, 2.45) is 0 Å². The van der Waals surface area contributed by atoms with Crippen LogP contribution < -0.4 is 5.32 Å². The van der Waals surface area contributed by atoms with E-state index in [4.69, 9.17) is 11.6 Å². The predicted molar refractivity (Wildman–Crippen MR) is 74.6 cm³/mol. The molecular formula is C15H14ClF2N. The Bertz CT molecular complexity index is 599. The third kappa shape index (κ3) is 3.24. The molecule has 0 saturated carbocycles. The maximum atomic E-state index is 13.6. The second kappa shape index (κ2) is 5.57. The molecule has 2 rings (SSSR count). The Morgan fingerprint density at radius 3 is 2.42 bits per heavy atom. The summed E-state index contributed by atoms with van der Waals surface area (Å²) in [5.41, 5.74) is 1.70. The first kappa shape index (κ1) is 13.8. The van der Waals surface area contributed by atoms with Gasteiger partial charge in [0, 0.05) is 11.1 Å². The Hall–Kier alpha value is -1.61. The summed E-state index contributed by atoms with van der Waals surface area (Å²) in [6.45, 7) is 3.55. The molecular weight excluding hydrogens is 268 g/mol. The minimum atomic E-state index is -0.424. The summed E-state index contributed by atoms with van der Waals surface area (Å²) in [6.07, 6.45) is 0. The molecule has 100 valence electrons. The van der Waals surface area contributed by atoms with Crippen molar-refractivity contribution in [1.82, 2.24) is 0 Å². The van der Waals surface area contributed by atoms with Crippen LogP contribution in [-0.2, 0) is 0 Å². The second-order valence-corrected chi connectivity index (χ2v) is 4.94. The van der Waals surface area contributed by atoms with Gasteiger partial charge in [-0.1, -0.05) is 23.7 Å². The zero-order valence-electron chi connectivity index (χ0n) is 10.7. The third-order valence-electron chi connectivity index (χ3n) is 3.00. The van der Waals surface area contributed by atoms with Crippen molar-refractivity contribution in [1.29, 1.82) is 0 Å². The first-order valence-corrected chi connectivity index (χ1v) is 6.33. The Labute approximate surface area is 116 Å². The Morgan fingerprint density at radius 2 is 1.79 bits per heavy atom. The molecule has 0 aliphatic carbocycles. The average Bonchev–Trinajstić information content (AvgIpc) is 2.36. The number of rotatable bonds is 3. The summed E-state index contributed by atoms with van der Waals surface area (Å²) in [7, 11) is 0. The summed E-state index contributed by atoms with van der Waals surface area (Å²) < 4.78 is 27.1. The van der Waals surface area contributed by atoms with Crippen LogP contribution in [0, 0.1) is 18.6 Å². The zero-order chi connectivity index (χ0) is 14.0. The number of benzene rings is 2. The van der Waals surface area contributed by atoms with Gasteiger partial charge < -0.3 is 5.32 Å². The van der Waals surface area contributed by atoms with E-state index in [0.29, 0.717) is 16.3 Å². The van der Waals surface area contributed by atoms with Crippen LogP contribution in [0.15, 0.2) is 36.4 Å². The summed E-state index contributed by atoms with van der Waals surface area (Å²) in [5.74, 6) is -0.685. The van der Waals surface area contributed by atoms with Gasteiger partial charge in [-0.05, 0) is 49.2 Å². The molecule has 0 heterocycles. The maximum absolute atomic E-state index is 13.6. The second-order valence-electron chi connectivity index (χ2n) is 4.50. The van der Waals surface area contributed by atoms with Crippen LogP contribution in [0.4, 0.5) is 14.5 Å². The molecule has 0 amide bonds. The first-order valence-electron chi connectivity index (χ1n) is 5.95. The van der Waals surface area contributed by atoms with Crippen LogP contribution in [0.5, 0.6) is 0 Å². The van der Waals surface area contributed by atoms with Gasteiger partial charge in [-0.2, -0.15) is 0 Å².